The monoisotopic (exact) mass is 323 g/mol. The fraction of sp³-hybridized carbons (Fsp3) is 0.833. The van der Waals surface area contributed by atoms with E-state index in [0.717, 1.165) is 12.0 Å². The van der Waals surface area contributed by atoms with Crippen molar-refractivity contribution in [2.45, 2.75) is 51.4 Å². The van der Waals surface area contributed by atoms with Gasteiger partial charge in [0.25, 0.3) is 0 Å². The molecule has 0 aromatic heterocycles. The highest BCUT2D eigenvalue weighted by Gasteiger charge is 2.56. The second kappa shape index (κ2) is 6.52. The number of aliphatic hydroxyl groups excluding tert-OH is 1. The number of nitriles is 1. The number of hydrogen-bond donors (Lipinski definition) is 2. The smallest absolute Gasteiger partial charge is 0.0907 e. The molecular formula is C18H29NO4. The standard InChI is InChI=1S/C18H29NO4/c1-11-7-18(9-19)8-12(2)15(17(3,21)10-20)16(23-5)13(18)6-14(11)22-4/h6,11-12,14-16,20-21H,7-8,10H2,1-5H3/t11-,12+,14-,15-,16+,17?,18+/m1/s1. The zero-order chi connectivity index (χ0) is 17.4. The maximum Gasteiger partial charge on any atom is 0.0907 e. The number of rotatable bonds is 4. The third-order valence-corrected chi connectivity index (χ3v) is 5.82. The van der Waals surface area contributed by atoms with Gasteiger partial charge in [-0.25, -0.2) is 0 Å². The molecule has 0 aromatic rings. The van der Waals surface area contributed by atoms with Crippen molar-refractivity contribution in [3.05, 3.63) is 11.6 Å². The van der Waals surface area contributed by atoms with Crippen LogP contribution < -0.4 is 0 Å². The van der Waals surface area contributed by atoms with Crippen LogP contribution in [0.4, 0.5) is 0 Å². The molecule has 1 saturated carbocycles. The highest BCUT2D eigenvalue weighted by atomic mass is 16.5. The van der Waals surface area contributed by atoms with Crippen molar-refractivity contribution in [3.8, 4) is 6.07 Å². The Balaban J connectivity index is 2.54. The second-order valence-corrected chi connectivity index (χ2v) is 7.58. The molecule has 1 fully saturated rings. The summed E-state index contributed by atoms with van der Waals surface area (Å²) >= 11 is 0. The molecule has 130 valence electrons. The number of hydrogen-bond acceptors (Lipinski definition) is 5. The predicted molar refractivity (Wildman–Crippen MR) is 86.5 cm³/mol. The maximum absolute atomic E-state index is 10.7. The summed E-state index contributed by atoms with van der Waals surface area (Å²) in [6.45, 7) is 5.44. The Hall–Kier alpha value is -0.930. The molecule has 2 aliphatic rings. The molecule has 0 bridgehead atoms. The minimum Gasteiger partial charge on any atom is -0.393 e. The van der Waals surface area contributed by atoms with E-state index in [1.807, 2.05) is 13.0 Å². The summed E-state index contributed by atoms with van der Waals surface area (Å²) in [5.74, 6) is 0.0457. The van der Waals surface area contributed by atoms with Gasteiger partial charge in [0, 0.05) is 20.1 Å². The molecule has 0 aromatic carbocycles. The van der Waals surface area contributed by atoms with Crippen LogP contribution in [0, 0.1) is 34.5 Å². The van der Waals surface area contributed by atoms with Gasteiger partial charge in [0.05, 0.1) is 35.9 Å². The summed E-state index contributed by atoms with van der Waals surface area (Å²) in [7, 11) is 3.28. The highest BCUT2D eigenvalue weighted by Crippen LogP contribution is 2.55. The van der Waals surface area contributed by atoms with Gasteiger partial charge in [-0.05, 0) is 37.2 Å². The molecule has 0 radical (unpaired) electrons. The molecule has 0 heterocycles. The molecule has 1 unspecified atom stereocenters. The first-order valence-electron chi connectivity index (χ1n) is 8.28. The Morgan fingerprint density at radius 1 is 1.30 bits per heavy atom. The van der Waals surface area contributed by atoms with Crippen LogP contribution in [0.5, 0.6) is 0 Å². The van der Waals surface area contributed by atoms with Crippen molar-refractivity contribution >= 4 is 0 Å². The van der Waals surface area contributed by atoms with E-state index in [9.17, 15) is 15.5 Å². The molecule has 5 nitrogen and oxygen atoms in total. The highest BCUT2D eigenvalue weighted by molar-refractivity contribution is 5.36. The third kappa shape index (κ3) is 2.94. The van der Waals surface area contributed by atoms with E-state index in [2.05, 4.69) is 13.0 Å². The molecule has 0 amide bonds. The van der Waals surface area contributed by atoms with Crippen molar-refractivity contribution in [2.24, 2.45) is 23.2 Å². The first kappa shape index (κ1) is 18.4. The summed E-state index contributed by atoms with van der Waals surface area (Å²) in [5.41, 5.74) is -0.922. The van der Waals surface area contributed by atoms with Gasteiger partial charge in [-0.15, -0.1) is 0 Å². The molecular weight excluding hydrogens is 294 g/mol. The average Bonchev–Trinajstić information content (AvgIpc) is 2.52. The van der Waals surface area contributed by atoms with Gasteiger partial charge in [-0.3, -0.25) is 0 Å². The Morgan fingerprint density at radius 2 is 1.91 bits per heavy atom. The first-order valence-corrected chi connectivity index (χ1v) is 8.28. The van der Waals surface area contributed by atoms with Crippen LogP contribution >= 0.6 is 0 Å². The van der Waals surface area contributed by atoms with Crippen LogP contribution in [0.2, 0.25) is 0 Å². The lowest BCUT2D eigenvalue weighted by molar-refractivity contribution is -0.130. The quantitative estimate of drug-likeness (QED) is 0.772. The molecule has 2 aliphatic carbocycles. The van der Waals surface area contributed by atoms with E-state index in [-0.39, 0.29) is 30.5 Å². The van der Waals surface area contributed by atoms with Gasteiger partial charge in [-0.1, -0.05) is 19.9 Å². The number of nitrogens with zero attached hydrogens (tertiary/aromatic N) is 1. The van der Waals surface area contributed by atoms with Crippen LogP contribution in [0.25, 0.3) is 0 Å². The van der Waals surface area contributed by atoms with Crippen LogP contribution in [-0.4, -0.2) is 48.8 Å². The van der Waals surface area contributed by atoms with Crippen molar-refractivity contribution < 1.29 is 19.7 Å². The van der Waals surface area contributed by atoms with Crippen LogP contribution in [0.3, 0.4) is 0 Å². The largest absolute Gasteiger partial charge is 0.393 e. The molecule has 0 spiro atoms. The van der Waals surface area contributed by atoms with E-state index >= 15 is 0 Å². The van der Waals surface area contributed by atoms with E-state index < -0.39 is 17.1 Å². The van der Waals surface area contributed by atoms with Crippen molar-refractivity contribution in [1.82, 2.24) is 0 Å². The van der Waals surface area contributed by atoms with Gasteiger partial charge < -0.3 is 19.7 Å². The molecule has 0 saturated heterocycles. The fourth-order valence-electron chi connectivity index (χ4n) is 4.80. The van der Waals surface area contributed by atoms with Crippen molar-refractivity contribution in [2.75, 3.05) is 20.8 Å². The van der Waals surface area contributed by atoms with Crippen LogP contribution in [0.15, 0.2) is 11.6 Å². The number of methoxy groups -OCH3 is 2. The summed E-state index contributed by atoms with van der Waals surface area (Å²) in [5, 5.41) is 30.2. The summed E-state index contributed by atoms with van der Waals surface area (Å²) in [4.78, 5) is 0. The minimum absolute atomic E-state index is 0.0581. The lowest BCUT2D eigenvalue weighted by Crippen LogP contribution is -2.56. The normalized spacial score (nSPS) is 43.0. The first-order chi connectivity index (χ1) is 10.8. The Labute approximate surface area is 138 Å². The van der Waals surface area contributed by atoms with Crippen LogP contribution in [0.1, 0.15) is 33.6 Å². The molecule has 2 N–H and O–H groups in total. The zero-order valence-electron chi connectivity index (χ0n) is 14.7. The lowest BCUT2D eigenvalue weighted by atomic mass is 9.54. The molecule has 23 heavy (non-hydrogen) atoms. The molecule has 0 aliphatic heterocycles. The SMILES string of the molecule is CO[C@@H]1C=C2[C@H](OC)[C@H](C(C)(O)CO)[C@@H](C)C[C@]2(C#N)C[C@H]1C. The van der Waals surface area contributed by atoms with E-state index in [0.29, 0.717) is 6.42 Å². The Morgan fingerprint density at radius 3 is 2.39 bits per heavy atom. The Bertz CT molecular complexity index is 510. The van der Waals surface area contributed by atoms with Gasteiger partial charge in [0.15, 0.2) is 0 Å². The molecule has 5 heteroatoms. The molecule has 7 atom stereocenters. The van der Waals surface area contributed by atoms with Crippen molar-refractivity contribution in [1.29, 1.82) is 5.26 Å². The number of aliphatic hydroxyl groups is 2. The second-order valence-electron chi connectivity index (χ2n) is 7.58. The predicted octanol–water partition coefficient (Wildman–Crippen LogP) is 1.89. The summed E-state index contributed by atoms with van der Waals surface area (Å²) < 4.78 is 11.3. The van der Waals surface area contributed by atoms with Crippen LogP contribution in [-0.2, 0) is 9.47 Å². The van der Waals surface area contributed by atoms with Gasteiger partial charge in [0.1, 0.15) is 0 Å². The fourth-order valence-corrected chi connectivity index (χ4v) is 4.80. The van der Waals surface area contributed by atoms with Gasteiger partial charge in [0.2, 0.25) is 0 Å². The van der Waals surface area contributed by atoms with Crippen molar-refractivity contribution in [3.63, 3.8) is 0 Å². The third-order valence-electron chi connectivity index (χ3n) is 5.82. The Kier molecular flexibility index (Phi) is 5.22. The van der Waals surface area contributed by atoms with Gasteiger partial charge >= 0.3 is 0 Å². The summed E-state index contributed by atoms with van der Waals surface area (Å²) in [6, 6.07) is 2.53. The maximum atomic E-state index is 10.7. The van der Waals surface area contributed by atoms with E-state index in [1.54, 1.807) is 21.1 Å². The topological polar surface area (TPSA) is 82.7 Å². The molecule has 2 rings (SSSR count). The average molecular weight is 323 g/mol. The van der Waals surface area contributed by atoms with E-state index in [4.69, 9.17) is 9.47 Å². The number of fused-ring (bicyclic) bond motifs is 1. The summed E-state index contributed by atoms with van der Waals surface area (Å²) in [6.07, 6.45) is 2.95. The van der Waals surface area contributed by atoms with E-state index in [1.165, 1.54) is 0 Å². The number of ether oxygens (including phenoxy) is 2. The van der Waals surface area contributed by atoms with Gasteiger partial charge in [-0.2, -0.15) is 5.26 Å². The zero-order valence-corrected chi connectivity index (χ0v) is 14.7. The minimum atomic E-state index is -1.26. The lowest BCUT2D eigenvalue weighted by Gasteiger charge is -2.53.